The first-order chi connectivity index (χ1) is 11.5. The van der Waals surface area contributed by atoms with E-state index < -0.39 is 0 Å². The van der Waals surface area contributed by atoms with E-state index in [0.717, 1.165) is 19.4 Å². The maximum absolute atomic E-state index is 12.3. The van der Waals surface area contributed by atoms with Crippen molar-refractivity contribution in [3.05, 3.63) is 53.5 Å². The molecule has 0 fully saturated rings. The number of hydrogen-bond acceptors (Lipinski definition) is 4. The van der Waals surface area contributed by atoms with Crippen LogP contribution in [0.2, 0.25) is 0 Å². The van der Waals surface area contributed by atoms with Gasteiger partial charge in [0.25, 0.3) is 5.91 Å². The predicted octanol–water partition coefficient (Wildman–Crippen LogP) is 3.22. The van der Waals surface area contributed by atoms with Crippen LogP contribution in [0.5, 0.6) is 0 Å². The molecule has 128 valence electrons. The predicted molar refractivity (Wildman–Crippen MR) is 97.2 cm³/mol. The van der Waals surface area contributed by atoms with Crippen LogP contribution in [0.25, 0.3) is 0 Å². The summed E-state index contributed by atoms with van der Waals surface area (Å²) in [4.78, 5) is 20.9. The second-order valence-corrected chi connectivity index (χ2v) is 6.29. The third-order valence-corrected chi connectivity index (χ3v) is 3.64. The summed E-state index contributed by atoms with van der Waals surface area (Å²) < 4.78 is 0. The fourth-order valence-corrected chi connectivity index (χ4v) is 2.32. The molecule has 0 spiro atoms. The largest absolute Gasteiger partial charge is 0.370 e. The zero-order valence-electron chi connectivity index (χ0n) is 14.7. The molecule has 1 heterocycles. The normalized spacial score (nSPS) is 10.7. The molecule has 0 saturated carbocycles. The van der Waals surface area contributed by atoms with Gasteiger partial charge in [-0.05, 0) is 31.2 Å². The van der Waals surface area contributed by atoms with Crippen LogP contribution in [0.1, 0.15) is 42.1 Å². The summed E-state index contributed by atoms with van der Waals surface area (Å²) in [6.45, 7) is 7.58. The van der Waals surface area contributed by atoms with Gasteiger partial charge in [0.05, 0.1) is 0 Å². The fourth-order valence-electron chi connectivity index (χ4n) is 2.32. The van der Waals surface area contributed by atoms with Crippen LogP contribution < -0.4 is 10.6 Å². The average Bonchev–Trinajstić information content (AvgIpc) is 2.55. The molecule has 0 unspecified atom stereocenters. The minimum Gasteiger partial charge on any atom is -0.370 e. The lowest BCUT2D eigenvalue weighted by atomic mass is 10.1. The molecule has 0 aliphatic heterocycles. The number of aromatic nitrogens is 2. The first-order valence-corrected chi connectivity index (χ1v) is 8.46. The summed E-state index contributed by atoms with van der Waals surface area (Å²) in [6, 6.07) is 11.8. The Morgan fingerprint density at radius 1 is 1.12 bits per heavy atom. The molecule has 1 aromatic carbocycles. The van der Waals surface area contributed by atoms with Gasteiger partial charge in [-0.2, -0.15) is 0 Å². The number of hydrogen-bond donors (Lipinski definition) is 2. The molecule has 0 saturated heterocycles. The fraction of sp³-hybridized carbons (Fsp3) is 0.421. The highest BCUT2D eigenvalue weighted by atomic mass is 16.1. The number of rotatable bonds is 8. The van der Waals surface area contributed by atoms with Crippen LogP contribution in [0.3, 0.4) is 0 Å². The number of nitrogens with one attached hydrogen (secondary N) is 2. The molecule has 0 atom stereocenters. The number of aryl methyl sites for hydroxylation is 1. The van der Waals surface area contributed by atoms with Gasteiger partial charge in [-0.1, -0.05) is 44.2 Å². The number of carbonyl (C=O) groups is 1. The number of benzene rings is 1. The minimum atomic E-state index is -0.164. The average molecular weight is 326 g/mol. The maximum Gasteiger partial charge on any atom is 0.270 e. The first-order valence-electron chi connectivity index (χ1n) is 8.46. The Bertz CT molecular complexity index is 656. The van der Waals surface area contributed by atoms with E-state index >= 15 is 0 Å². The van der Waals surface area contributed by atoms with Crippen molar-refractivity contribution in [2.75, 3.05) is 18.4 Å². The van der Waals surface area contributed by atoms with Crippen molar-refractivity contribution in [1.82, 2.24) is 15.3 Å². The Hall–Kier alpha value is -2.43. The van der Waals surface area contributed by atoms with Gasteiger partial charge < -0.3 is 10.6 Å². The third kappa shape index (κ3) is 5.99. The van der Waals surface area contributed by atoms with Gasteiger partial charge in [-0.25, -0.2) is 9.97 Å². The lowest BCUT2D eigenvalue weighted by Crippen LogP contribution is -2.27. The van der Waals surface area contributed by atoms with Gasteiger partial charge in [0.2, 0.25) is 0 Å². The molecule has 0 radical (unpaired) electrons. The summed E-state index contributed by atoms with van der Waals surface area (Å²) in [6.07, 6.45) is 1.86. The number of carbonyl (C=O) groups excluding carboxylic acids is 1. The minimum absolute atomic E-state index is 0.164. The van der Waals surface area contributed by atoms with Crippen LogP contribution in [-0.2, 0) is 6.42 Å². The summed E-state index contributed by atoms with van der Waals surface area (Å²) in [7, 11) is 0. The quantitative estimate of drug-likeness (QED) is 0.781. The van der Waals surface area contributed by atoms with Crippen molar-refractivity contribution in [2.24, 2.45) is 5.92 Å². The summed E-state index contributed by atoms with van der Waals surface area (Å²) in [5, 5.41) is 6.18. The van der Waals surface area contributed by atoms with Crippen LogP contribution in [-0.4, -0.2) is 29.0 Å². The van der Waals surface area contributed by atoms with E-state index in [-0.39, 0.29) is 5.91 Å². The van der Waals surface area contributed by atoms with Crippen LogP contribution in [0, 0.1) is 12.8 Å². The molecule has 5 heteroatoms. The van der Waals surface area contributed by atoms with Crippen molar-refractivity contribution in [3.63, 3.8) is 0 Å². The van der Waals surface area contributed by atoms with Gasteiger partial charge in [0.15, 0.2) is 0 Å². The molecular formula is C19H26N4O. The lowest BCUT2D eigenvalue weighted by Gasteiger charge is -2.10. The second kappa shape index (κ2) is 9.01. The van der Waals surface area contributed by atoms with Crippen LogP contribution in [0.4, 0.5) is 5.82 Å². The lowest BCUT2D eigenvalue weighted by molar-refractivity contribution is 0.0949. The molecular weight excluding hydrogens is 300 g/mol. The van der Waals surface area contributed by atoms with E-state index in [1.807, 2.05) is 18.2 Å². The molecule has 2 aromatic rings. The van der Waals surface area contributed by atoms with E-state index in [1.54, 1.807) is 13.0 Å². The van der Waals surface area contributed by atoms with E-state index in [2.05, 4.69) is 46.6 Å². The smallest absolute Gasteiger partial charge is 0.270 e. The Kier molecular flexibility index (Phi) is 6.73. The Morgan fingerprint density at radius 3 is 2.58 bits per heavy atom. The van der Waals surface area contributed by atoms with E-state index in [1.165, 1.54) is 5.56 Å². The van der Waals surface area contributed by atoms with Gasteiger partial charge in [-0.3, -0.25) is 4.79 Å². The van der Waals surface area contributed by atoms with E-state index in [0.29, 0.717) is 29.8 Å². The van der Waals surface area contributed by atoms with Crippen molar-refractivity contribution in [3.8, 4) is 0 Å². The number of anilines is 1. The molecule has 0 bridgehead atoms. The number of nitrogens with zero attached hydrogens (tertiary/aromatic N) is 2. The SMILES string of the molecule is Cc1nc(NCCC(C)C)cc(C(=O)NCCc2ccccc2)n1. The molecule has 1 amide bonds. The van der Waals surface area contributed by atoms with Crippen molar-refractivity contribution in [1.29, 1.82) is 0 Å². The third-order valence-electron chi connectivity index (χ3n) is 3.64. The standard InChI is InChI=1S/C19H26N4O/c1-14(2)9-11-20-18-13-17(22-15(3)23-18)19(24)21-12-10-16-7-5-4-6-8-16/h4-8,13-14H,9-12H2,1-3H3,(H,21,24)(H,20,22,23). The van der Waals surface area contributed by atoms with Crippen molar-refractivity contribution in [2.45, 2.75) is 33.6 Å². The Labute approximate surface area is 143 Å². The molecule has 2 N–H and O–H groups in total. The van der Waals surface area contributed by atoms with Crippen molar-refractivity contribution >= 4 is 11.7 Å². The molecule has 5 nitrogen and oxygen atoms in total. The zero-order valence-corrected chi connectivity index (χ0v) is 14.7. The van der Waals surface area contributed by atoms with E-state index in [4.69, 9.17) is 0 Å². The first kappa shape index (κ1) is 17.9. The van der Waals surface area contributed by atoms with Gasteiger partial charge in [-0.15, -0.1) is 0 Å². The van der Waals surface area contributed by atoms with Crippen LogP contribution >= 0.6 is 0 Å². The summed E-state index contributed by atoms with van der Waals surface area (Å²) >= 11 is 0. The Balaban J connectivity index is 1.89. The monoisotopic (exact) mass is 326 g/mol. The molecule has 2 rings (SSSR count). The molecule has 0 aliphatic rings. The molecule has 24 heavy (non-hydrogen) atoms. The highest BCUT2D eigenvalue weighted by Gasteiger charge is 2.10. The van der Waals surface area contributed by atoms with E-state index in [9.17, 15) is 4.79 Å². The highest BCUT2D eigenvalue weighted by Crippen LogP contribution is 2.08. The maximum atomic E-state index is 12.3. The topological polar surface area (TPSA) is 66.9 Å². The second-order valence-electron chi connectivity index (χ2n) is 6.29. The van der Waals surface area contributed by atoms with Crippen LogP contribution in [0.15, 0.2) is 36.4 Å². The highest BCUT2D eigenvalue weighted by molar-refractivity contribution is 5.92. The number of amides is 1. The zero-order chi connectivity index (χ0) is 17.4. The van der Waals surface area contributed by atoms with Gasteiger partial charge in [0, 0.05) is 19.2 Å². The van der Waals surface area contributed by atoms with Gasteiger partial charge >= 0.3 is 0 Å². The summed E-state index contributed by atoms with van der Waals surface area (Å²) in [5.41, 5.74) is 1.61. The Morgan fingerprint density at radius 2 is 1.88 bits per heavy atom. The molecule has 1 aromatic heterocycles. The summed E-state index contributed by atoms with van der Waals surface area (Å²) in [5.74, 6) is 1.76. The van der Waals surface area contributed by atoms with Gasteiger partial charge in [0.1, 0.15) is 17.3 Å². The van der Waals surface area contributed by atoms with Crippen molar-refractivity contribution < 1.29 is 4.79 Å². The molecule has 0 aliphatic carbocycles.